The predicted octanol–water partition coefficient (Wildman–Crippen LogP) is 0.120. The van der Waals surface area contributed by atoms with E-state index in [9.17, 15) is 22.4 Å². The van der Waals surface area contributed by atoms with Crippen LogP contribution in [0.4, 0.5) is 4.39 Å². The van der Waals surface area contributed by atoms with Gasteiger partial charge in [0, 0.05) is 0 Å². The number of rotatable bonds is 6. The molecule has 0 saturated heterocycles. The lowest BCUT2D eigenvalue weighted by Crippen LogP contribution is -2.42. The minimum Gasteiger partial charge on any atom is -0.480 e. The van der Waals surface area contributed by atoms with Crippen molar-refractivity contribution in [1.82, 2.24) is 4.72 Å². The second kappa shape index (κ2) is 6.44. The topological polar surface area (TPSA) is 110 Å². The largest absolute Gasteiger partial charge is 0.480 e. The van der Waals surface area contributed by atoms with Gasteiger partial charge in [-0.1, -0.05) is 6.07 Å². The number of carboxylic acid groups (broad SMARTS) is 1. The van der Waals surface area contributed by atoms with E-state index in [2.05, 4.69) is 4.74 Å². The monoisotopic (exact) mass is 305 g/mol. The average molecular weight is 305 g/mol. The maximum absolute atomic E-state index is 13.0. The van der Waals surface area contributed by atoms with Gasteiger partial charge in [0.2, 0.25) is 10.0 Å². The van der Waals surface area contributed by atoms with Gasteiger partial charge in [0.25, 0.3) is 0 Å². The molecule has 0 aliphatic rings. The van der Waals surface area contributed by atoms with Gasteiger partial charge < -0.3 is 9.84 Å². The Morgan fingerprint density at radius 2 is 2.10 bits per heavy atom. The van der Waals surface area contributed by atoms with E-state index in [0.29, 0.717) is 0 Å². The van der Waals surface area contributed by atoms with Crippen LogP contribution in [0.5, 0.6) is 0 Å². The lowest BCUT2D eigenvalue weighted by atomic mass is 10.2. The summed E-state index contributed by atoms with van der Waals surface area (Å²) in [4.78, 5) is 21.5. The quantitative estimate of drug-likeness (QED) is 0.722. The Morgan fingerprint density at radius 3 is 2.60 bits per heavy atom. The van der Waals surface area contributed by atoms with Crippen LogP contribution >= 0.6 is 0 Å². The molecule has 1 atom stereocenters. The minimum atomic E-state index is -4.26. The Kier molecular flexibility index (Phi) is 5.17. The SMILES string of the molecule is COC(=O)C[C@H](NS(=O)(=O)c1cccc(F)c1)C(=O)O. The summed E-state index contributed by atoms with van der Waals surface area (Å²) in [6, 6.07) is 2.35. The van der Waals surface area contributed by atoms with E-state index in [1.807, 2.05) is 0 Å². The molecule has 0 amide bonds. The maximum atomic E-state index is 13.0. The lowest BCUT2D eigenvalue weighted by molar-refractivity contribution is -0.147. The zero-order valence-electron chi connectivity index (χ0n) is 10.4. The van der Waals surface area contributed by atoms with Gasteiger partial charge in [-0.3, -0.25) is 9.59 Å². The zero-order valence-corrected chi connectivity index (χ0v) is 11.2. The normalized spacial score (nSPS) is 12.7. The second-order valence-corrected chi connectivity index (χ2v) is 5.46. The number of hydrogen-bond donors (Lipinski definition) is 2. The number of carboxylic acids is 1. The number of halogens is 1. The van der Waals surface area contributed by atoms with Gasteiger partial charge in [0.15, 0.2) is 0 Å². The number of benzene rings is 1. The van der Waals surface area contributed by atoms with Crippen LogP contribution in [0.1, 0.15) is 6.42 Å². The van der Waals surface area contributed by atoms with Crippen molar-refractivity contribution in [3.8, 4) is 0 Å². The van der Waals surface area contributed by atoms with Crippen LogP contribution in [0.3, 0.4) is 0 Å². The molecular formula is C11H12FNO6S. The van der Waals surface area contributed by atoms with Crippen molar-refractivity contribution in [2.45, 2.75) is 17.4 Å². The van der Waals surface area contributed by atoms with Crippen LogP contribution in [0, 0.1) is 5.82 Å². The van der Waals surface area contributed by atoms with Crippen molar-refractivity contribution in [2.24, 2.45) is 0 Å². The van der Waals surface area contributed by atoms with Gasteiger partial charge in [-0.2, -0.15) is 4.72 Å². The van der Waals surface area contributed by atoms with Crippen molar-refractivity contribution in [1.29, 1.82) is 0 Å². The first-order valence-corrected chi connectivity index (χ1v) is 6.82. The Labute approximate surface area is 114 Å². The van der Waals surface area contributed by atoms with Gasteiger partial charge in [-0.25, -0.2) is 12.8 Å². The van der Waals surface area contributed by atoms with Crippen molar-refractivity contribution in [3.63, 3.8) is 0 Å². The maximum Gasteiger partial charge on any atom is 0.322 e. The molecule has 2 N–H and O–H groups in total. The van der Waals surface area contributed by atoms with Crippen molar-refractivity contribution < 1.29 is 32.2 Å². The molecule has 0 aliphatic heterocycles. The molecule has 0 bridgehead atoms. The number of sulfonamides is 1. The molecule has 0 aliphatic carbocycles. The highest BCUT2D eigenvalue weighted by molar-refractivity contribution is 7.89. The number of aliphatic carboxylic acids is 1. The van der Waals surface area contributed by atoms with Crippen LogP contribution in [0.2, 0.25) is 0 Å². The Hall–Kier alpha value is -2.00. The summed E-state index contributed by atoms with van der Waals surface area (Å²) < 4.78 is 42.8. The van der Waals surface area contributed by atoms with Gasteiger partial charge in [-0.15, -0.1) is 0 Å². The van der Waals surface area contributed by atoms with Crippen LogP contribution in [0.25, 0.3) is 0 Å². The average Bonchev–Trinajstić information content (AvgIpc) is 2.37. The summed E-state index contributed by atoms with van der Waals surface area (Å²) in [6.45, 7) is 0. The molecule has 0 heterocycles. The summed E-state index contributed by atoms with van der Waals surface area (Å²) in [5.74, 6) is -3.22. The summed E-state index contributed by atoms with van der Waals surface area (Å²) >= 11 is 0. The fourth-order valence-corrected chi connectivity index (χ4v) is 2.54. The second-order valence-electron chi connectivity index (χ2n) is 3.75. The molecular weight excluding hydrogens is 293 g/mol. The number of methoxy groups -OCH3 is 1. The number of hydrogen-bond acceptors (Lipinski definition) is 5. The first kappa shape index (κ1) is 16.1. The Balaban J connectivity index is 2.97. The molecule has 1 aromatic carbocycles. The van der Waals surface area contributed by atoms with E-state index in [1.165, 1.54) is 6.07 Å². The van der Waals surface area contributed by atoms with E-state index < -0.39 is 45.1 Å². The predicted molar refractivity (Wildman–Crippen MR) is 64.8 cm³/mol. The van der Waals surface area contributed by atoms with Crippen molar-refractivity contribution >= 4 is 22.0 Å². The van der Waals surface area contributed by atoms with Crippen molar-refractivity contribution in [2.75, 3.05) is 7.11 Å². The van der Waals surface area contributed by atoms with E-state index in [-0.39, 0.29) is 0 Å². The van der Waals surface area contributed by atoms with Gasteiger partial charge in [0.05, 0.1) is 18.4 Å². The molecule has 0 saturated carbocycles. The fourth-order valence-electron chi connectivity index (χ4n) is 1.32. The third kappa shape index (κ3) is 4.28. The van der Waals surface area contributed by atoms with Gasteiger partial charge in [-0.05, 0) is 18.2 Å². The standard InChI is InChI=1S/C11H12FNO6S/c1-19-10(14)6-9(11(15)16)13-20(17,18)8-4-2-3-7(12)5-8/h2-5,9,13H,6H2,1H3,(H,15,16)/t9-/m0/s1. The molecule has 0 aromatic heterocycles. The number of nitrogens with one attached hydrogen (secondary N) is 1. The number of esters is 1. The third-order valence-corrected chi connectivity index (χ3v) is 3.77. The van der Waals surface area contributed by atoms with E-state index in [0.717, 1.165) is 25.3 Å². The Bertz CT molecular complexity index is 615. The fraction of sp³-hybridized carbons (Fsp3) is 0.273. The summed E-state index contributed by atoms with van der Waals surface area (Å²) in [6.07, 6.45) is -0.680. The number of carbonyl (C=O) groups is 2. The van der Waals surface area contributed by atoms with E-state index in [4.69, 9.17) is 5.11 Å². The van der Waals surface area contributed by atoms with Crippen LogP contribution < -0.4 is 4.72 Å². The van der Waals surface area contributed by atoms with Crippen LogP contribution in [0.15, 0.2) is 29.2 Å². The van der Waals surface area contributed by atoms with Crippen LogP contribution in [-0.2, 0) is 24.3 Å². The highest BCUT2D eigenvalue weighted by Crippen LogP contribution is 2.11. The molecule has 9 heteroatoms. The third-order valence-electron chi connectivity index (χ3n) is 2.30. The summed E-state index contributed by atoms with van der Waals surface area (Å²) in [5, 5.41) is 8.87. The highest BCUT2D eigenvalue weighted by Gasteiger charge is 2.28. The summed E-state index contributed by atoms with van der Waals surface area (Å²) in [5.41, 5.74) is 0. The zero-order chi connectivity index (χ0) is 15.3. The van der Waals surface area contributed by atoms with Crippen LogP contribution in [-0.4, -0.2) is 38.6 Å². The molecule has 20 heavy (non-hydrogen) atoms. The number of carbonyl (C=O) groups excluding carboxylic acids is 1. The molecule has 0 fully saturated rings. The molecule has 0 unspecified atom stereocenters. The molecule has 7 nitrogen and oxygen atoms in total. The van der Waals surface area contributed by atoms with E-state index >= 15 is 0 Å². The highest BCUT2D eigenvalue weighted by atomic mass is 32.2. The summed E-state index contributed by atoms with van der Waals surface area (Å²) in [7, 11) is -3.22. The van der Waals surface area contributed by atoms with Gasteiger partial charge >= 0.3 is 11.9 Å². The minimum absolute atomic E-state index is 0.436. The van der Waals surface area contributed by atoms with Gasteiger partial charge in [0.1, 0.15) is 11.9 Å². The first-order valence-electron chi connectivity index (χ1n) is 5.34. The smallest absolute Gasteiger partial charge is 0.322 e. The first-order chi connectivity index (χ1) is 9.26. The molecule has 0 radical (unpaired) electrons. The molecule has 0 spiro atoms. The molecule has 1 rings (SSSR count). The van der Waals surface area contributed by atoms with Crippen molar-refractivity contribution in [3.05, 3.63) is 30.1 Å². The number of ether oxygens (including phenoxy) is 1. The molecule has 1 aromatic rings. The Morgan fingerprint density at radius 1 is 1.45 bits per heavy atom. The lowest BCUT2D eigenvalue weighted by Gasteiger charge is -2.13. The molecule has 110 valence electrons. The van der Waals surface area contributed by atoms with E-state index in [1.54, 1.807) is 4.72 Å².